The van der Waals surface area contributed by atoms with Crippen LogP contribution in [0, 0.1) is 10.1 Å². The second-order valence-corrected chi connectivity index (χ2v) is 5.22. The van der Waals surface area contributed by atoms with Crippen molar-refractivity contribution in [2.75, 3.05) is 6.61 Å². The van der Waals surface area contributed by atoms with Gasteiger partial charge in [0.25, 0.3) is 5.69 Å². The first-order chi connectivity index (χ1) is 9.06. The Kier molecular flexibility index (Phi) is 4.74. The molecule has 5 nitrogen and oxygen atoms in total. The molecule has 1 aromatic rings. The number of nitro groups is 1. The van der Waals surface area contributed by atoms with Gasteiger partial charge in [0.05, 0.1) is 11.0 Å². The van der Waals surface area contributed by atoms with Crippen molar-refractivity contribution in [1.29, 1.82) is 0 Å². The molecule has 0 saturated carbocycles. The number of nitrogens with zero attached hydrogens (tertiary/aromatic N) is 1. The molecule has 0 aliphatic carbocycles. The van der Waals surface area contributed by atoms with Gasteiger partial charge in [0.1, 0.15) is 0 Å². The highest BCUT2D eigenvalue weighted by molar-refractivity contribution is 6.31. The van der Waals surface area contributed by atoms with Gasteiger partial charge in [0.15, 0.2) is 0 Å². The van der Waals surface area contributed by atoms with E-state index in [9.17, 15) is 10.1 Å². The molecule has 0 amide bonds. The van der Waals surface area contributed by atoms with Crippen molar-refractivity contribution < 1.29 is 9.66 Å². The summed E-state index contributed by atoms with van der Waals surface area (Å²) in [7, 11) is 0. The number of non-ortho nitro benzene ring substituents is 1. The van der Waals surface area contributed by atoms with Gasteiger partial charge in [0.2, 0.25) is 0 Å². The van der Waals surface area contributed by atoms with E-state index in [4.69, 9.17) is 16.3 Å². The zero-order valence-corrected chi connectivity index (χ0v) is 11.5. The molecular formula is C13H17ClN2O3. The fourth-order valence-corrected chi connectivity index (χ4v) is 2.43. The highest BCUT2D eigenvalue weighted by Gasteiger charge is 2.19. The Morgan fingerprint density at radius 1 is 1.58 bits per heavy atom. The molecule has 0 aromatic heterocycles. The second kappa shape index (κ2) is 6.32. The smallest absolute Gasteiger partial charge is 0.269 e. The van der Waals surface area contributed by atoms with Gasteiger partial charge in [-0.15, -0.1) is 0 Å². The van der Waals surface area contributed by atoms with Crippen LogP contribution in [0.5, 0.6) is 0 Å². The van der Waals surface area contributed by atoms with Crippen molar-refractivity contribution in [2.24, 2.45) is 0 Å². The van der Waals surface area contributed by atoms with Gasteiger partial charge in [-0.05, 0) is 31.4 Å². The second-order valence-electron chi connectivity index (χ2n) is 4.82. The van der Waals surface area contributed by atoms with Crippen molar-refractivity contribution in [3.63, 3.8) is 0 Å². The topological polar surface area (TPSA) is 64.4 Å². The monoisotopic (exact) mass is 284 g/mol. The lowest BCUT2D eigenvalue weighted by atomic mass is 10.0. The van der Waals surface area contributed by atoms with E-state index in [0.717, 1.165) is 25.0 Å². The van der Waals surface area contributed by atoms with Gasteiger partial charge in [-0.1, -0.05) is 11.6 Å². The summed E-state index contributed by atoms with van der Waals surface area (Å²) in [6.07, 6.45) is 2.16. The van der Waals surface area contributed by atoms with E-state index in [2.05, 4.69) is 5.32 Å². The van der Waals surface area contributed by atoms with Crippen LogP contribution in [0.15, 0.2) is 18.2 Å². The summed E-state index contributed by atoms with van der Waals surface area (Å²) in [6.45, 7) is 3.34. The van der Waals surface area contributed by atoms with Crippen LogP contribution in [0.3, 0.4) is 0 Å². The number of nitrogens with one attached hydrogen (secondary N) is 1. The molecule has 19 heavy (non-hydrogen) atoms. The Labute approximate surface area is 117 Å². The first-order valence-electron chi connectivity index (χ1n) is 6.34. The summed E-state index contributed by atoms with van der Waals surface area (Å²) >= 11 is 6.06. The summed E-state index contributed by atoms with van der Waals surface area (Å²) in [5.74, 6) is 0. The molecule has 2 atom stereocenters. The van der Waals surface area contributed by atoms with Crippen molar-refractivity contribution in [2.45, 2.75) is 38.5 Å². The number of halogens is 1. The number of hydrogen-bond acceptors (Lipinski definition) is 4. The molecule has 1 heterocycles. The maximum atomic E-state index is 10.7. The predicted octanol–water partition coefficient (Wildman–Crippen LogP) is 2.91. The highest BCUT2D eigenvalue weighted by Crippen LogP contribution is 2.22. The number of nitro benzene ring substituents is 1. The minimum Gasteiger partial charge on any atom is -0.378 e. The molecule has 2 unspecified atom stereocenters. The Morgan fingerprint density at radius 2 is 2.37 bits per heavy atom. The standard InChI is InChI=1S/C13H17ClN2O3/c1-9-6-11(4-5-19-9)15-8-10-7-12(16(17)18)2-3-13(10)14/h2-3,7,9,11,15H,4-6,8H2,1H3. The molecule has 2 rings (SSSR count). The van der Waals surface area contributed by atoms with E-state index in [1.54, 1.807) is 6.07 Å². The van der Waals surface area contributed by atoms with E-state index < -0.39 is 4.92 Å². The number of hydrogen-bond donors (Lipinski definition) is 1. The average Bonchev–Trinajstić information content (AvgIpc) is 2.37. The van der Waals surface area contributed by atoms with Gasteiger partial charge in [-0.2, -0.15) is 0 Å². The lowest BCUT2D eigenvalue weighted by Gasteiger charge is -2.28. The SMILES string of the molecule is CC1CC(NCc2cc([N+](=O)[O-])ccc2Cl)CCO1. The van der Waals surface area contributed by atoms with Crippen LogP contribution >= 0.6 is 11.6 Å². The van der Waals surface area contributed by atoms with Crippen LogP contribution < -0.4 is 5.32 Å². The molecule has 0 bridgehead atoms. The largest absolute Gasteiger partial charge is 0.378 e. The molecule has 1 aromatic carbocycles. The number of benzene rings is 1. The molecule has 104 valence electrons. The van der Waals surface area contributed by atoms with Crippen LogP contribution in [0.4, 0.5) is 5.69 Å². The molecule has 1 N–H and O–H groups in total. The maximum Gasteiger partial charge on any atom is 0.269 e. The lowest BCUT2D eigenvalue weighted by molar-refractivity contribution is -0.384. The van der Waals surface area contributed by atoms with Crippen molar-refractivity contribution in [3.05, 3.63) is 38.9 Å². The molecular weight excluding hydrogens is 268 g/mol. The highest BCUT2D eigenvalue weighted by atomic mass is 35.5. The zero-order valence-electron chi connectivity index (χ0n) is 10.8. The quantitative estimate of drug-likeness (QED) is 0.682. The fourth-order valence-electron chi connectivity index (χ4n) is 2.25. The van der Waals surface area contributed by atoms with E-state index in [1.807, 2.05) is 6.92 Å². The molecule has 0 radical (unpaired) electrons. The van der Waals surface area contributed by atoms with Crippen molar-refractivity contribution in [3.8, 4) is 0 Å². The summed E-state index contributed by atoms with van der Waals surface area (Å²) in [5, 5.41) is 14.7. The summed E-state index contributed by atoms with van der Waals surface area (Å²) in [5.41, 5.74) is 0.830. The molecule has 6 heteroatoms. The normalized spacial score (nSPS) is 23.3. The predicted molar refractivity (Wildman–Crippen MR) is 73.4 cm³/mol. The van der Waals surface area contributed by atoms with Crippen LogP contribution in [0.25, 0.3) is 0 Å². The summed E-state index contributed by atoms with van der Waals surface area (Å²) in [4.78, 5) is 10.3. The maximum absolute atomic E-state index is 10.7. The van der Waals surface area contributed by atoms with Gasteiger partial charge >= 0.3 is 0 Å². The fraction of sp³-hybridized carbons (Fsp3) is 0.538. The first kappa shape index (κ1) is 14.2. The Bertz CT molecular complexity index is 467. The third-order valence-electron chi connectivity index (χ3n) is 3.31. The lowest BCUT2D eigenvalue weighted by Crippen LogP contribution is -2.37. The van der Waals surface area contributed by atoms with E-state index in [0.29, 0.717) is 17.6 Å². The molecule has 1 saturated heterocycles. The van der Waals surface area contributed by atoms with Gasteiger partial charge in [-0.3, -0.25) is 10.1 Å². The van der Waals surface area contributed by atoms with Crippen LogP contribution in [-0.4, -0.2) is 23.7 Å². The Balaban J connectivity index is 1.98. The van der Waals surface area contributed by atoms with E-state index in [-0.39, 0.29) is 11.8 Å². The summed E-state index contributed by atoms with van der Waals surface area (Å²) < 4.78 is 5.48. The third-order valence-corrected chi connectivity index (χ3v) is 3.68. The van der Waals surface area contributed by atoms with Crippen molar-refractivity contribution in [1.82, 2.24) is 5.32 Å². The zero-order chi connectivity index (χ0) is 13.8. The molecule has 1 fully saturated rings. The van der Waals surface area contributed by atoms with Crippen LogP contribution in [0.1, 0.15) is 25.3 Å². The van der Waals surface area contributed by atoms with Crippen molar-refractivity contribution >= 4 is 17.3 Å². The van der Waals surface area contributed by atoms with Gasteiger partial charge < -0.3 is 10.1 Å². The Morgan fingerprint density at radius 3 is 3.05 bits per heavy atom. The van der Waals surface area contributed by atoms with Crippen LogP contribution in [-0.2, 0) is 11.3 Å². The van der Waals surface area contributed by atoms with Gasteiger partial charge in [0, 0.05) is 36.3 Å². The number of rotatable bonds is 4. The van der Waals surface area contributed by atoms with E-state index in [1.165, 1.54) is 12.1 Å². The molecule has 1 aliphatic rings. The Hall–Kier alpha value is -1.17. The number of ether oxygens (including phenoxy) is 1. The molecule has 0 spiro atoms. The average molecular weight is 285 g/mol. The minimum absolute atomic E-state index is 0.0709. The first-order valence-corrected chi connectivity index (χ1v) is 6.72. The van der Waals surface area contributed by atoms with Crippen LogP contribution in [0.2, 0.25) is 5.02 Å². The molecule has 1 aliphatic heterocycles. The van der Waals surface area contributed by atoms with E-state index >= 15 is 0 Å². The van der Waals surface area contributed by atoms with Gasteiger partial charge in [-0.25, -0.2) is 0 Å². The third kappa shape index (κ3) is 3.89. The summed E-state index contributed by atoms with van der Waals surface area (Å²) in [6, 6.07) is 4.89. The minimum atomic E-state index is -0.406.